The Kier molecular flexibility index (Phi) is 10.2. The molecule has 0 aliphatic carbocycles. The van der Waals surface area contributed by atoms with Crippen LogP contribution in [0.3, 0.4) is 0 Å². The smallest absolute Gasteiger partial charge is 0.338 e. The van der Waals surface area contributed by atoms with E-state index in [-0.39, 0.29) is 23.1 Å². The highest BCUT2D eigenvalue weighted by atomic mass is 35.5. The number of aryl methyl sites for hydroxylation is 1. The first kappa shape index (κ1) is 28.8. The van der Waals surface area contributed by atoms with Crippen LogP contribution in [0.4, 0.5) is 4.39 Å². The second-order valence-corrected chi connectivity index (χ2v) is 10.3. The molecule has 3 aromatic rings. The Labute approximate surface area is 223 Å². The zero-order valence-corrected chi connectivity index (χ0v) is 22.6. The fourth-order valence-electron chi connectivity index (χ4n) is 4.27. The fraction of sp³-hybridized carbons (Fsp3) is 0.367. The number of aliphatic hydroxyl groups excluding tert-OH is 1. The summed E-state index contributed by atoms with van der Waals surface area (Å²) in [6.45, 7) is 6.92. The van der Waals surface area contributed by atoms with Gasteiger partial charge in [-0.2, -0.15) is 0 Å². The summed E-state index contributed by atoms with van der Waals surface area (Å²) in [5.74, 6) is -0.778. The minimum Gasteiger partial charge on any atom is -0.465 e. The number of halogens is 2. The number of ether oxygens (including phenoxy) is 2. The van der Waals surface area contributed by atoms with E-state index < -0.39 is 11.9 Å². The fourth-order valence-corrected chi connectivity index (χ4v) is 4.38. The monoisotopic (exact) mass is 527 g/mol. The van der Waals surface area contributed by atoms with E-state index in [1.54, 1.807) is 18.2 Å². The van der Waals surface area contributed by atoms with E-state index in [1.165, 1.54) is 13.2 Å². The molecule has 0 heterocycles. The number of nitrogens with one attached hydrogen (secondary N) is 1. The molecule has 0 radical (unpaired) electrons. The van der Waals surface area contributed by atoms with E-state index in [0.29, 0.717) is 31.6 Å². The van der Waals surface area contributed by atoms with Crippen LogP contribution < -0.4 is 5.32 Å². The Balaban J connectivity index is 1.49. The maximum absolute atomic E-state index is 13.7. The second kappa shape index (κ2) is 13.2. The van der Waals surface area contributed by atoms with E-state index in [9.17, 15) is 14.3 Å². The quantitative estimate of drug-likeness (QED) is 0.231. The van der Waals surface area contributed by atoms with Gasteiger partial charge in [-0.15, -0.1) is 0 Å². The highest BCUT2D eigenvalue weighted by molar-refractivity contribution is 6.30. The maximum Gasteiger partial charge on any atom is 0.338 e. The van der Waals surface area contributed by atoms with E-state index in [0.717, 1.165) is 27.8 Å². The predicted octanol–water partition coefficient (Wildman–Crippen LogP) is 5.77. The molecule has 198 valence electrons. The first-order valence-corrected chi connectivity index (χ1v) is 12.7. The molecule has 0 unspecified atom stereocenters. The first-order chi connectivity index (χ1) is 17.6. The van der Waals surface area contributed by atoms with Gasteiger partial charge in [0.15, 0.2) is 0 Å². The van der Waals surface area contributed by atoms with Crippen LogP contribution >= 0.6 is 11.6 Å². The number of aliphatic hydroxyl groups is 1. The molecule has 1 atom stereocenters. The summed E-state index contributed by atoms with van der Waals surface area (Å²) < 4.78 is 24.4. The number of methoxy groups -OCH3 is 1. The molecular formula is C30H35ClFNO4. The summed E-state index contributed by atoms with van der Waals surface area (Å²) in [6.07, 6.45) is 0.595. The van der Waals surface area contributed by atoms with Gasteiger partial charge in [-0.1, -0.05) is 54.1 Å². The molecule has 0 saturated heterocycles. The third-order valence-corrected chi connectivity index (χ3v) is 6.54. The number of esters is 1. The molecule has 3 rings (SSSR count). The lowest BCUT2D eigenvalue weighted by atomic mass is 9.94. The summed E-state index contributed by atoms with van der Waals surface area (Å²) >= 11 is 5.77. The average Bonchev–Trinajstić information content (AvgIpc) is 2.87. The predicted molar refractivity (Wildman–Crippen MR) is 146 cm³/mol. The van der Waals surface area contributed by atoms with Crippen LogP contribution in [0.2, 0.25) is 5.02 Å². The molecule has 0 aliphatic rings. The lowest BCUT2D eigenvalue weighted by Gasteiger charge is -2.28. The largest absolute Gasteiger partial charge is 0.465 e. The van der Waals surface area contributed by atoms with Crippen LogP contribution in [-0.4, -0.2) is 49.6 Å². The SMILES string of the molecule is COC(=O)c1ccc(-c2ccccc2CCOC[C@@H](O)CNC(C)(C)Cc2ccc(Cl)c(F)c2)cc1C. The van der Waals surface area contributed by atoms with E-state index in [1.807, 2.05) is 45.0 Å². The molecule has 37 heavy (non-hydrogen) atoms. The van der Waals surface area contributed by atoms with Gasteiger partial charge in [-0.3, -0.25) is 0 Å². The molecule has 0 bridgehead atoms. The van der Waals surface area contributed by atoms with Gasteiger partial charge >= 0.3 is 5.97 Å². The lowest BCUT2D eigenvalue weighted by Crippen LogP contribution is -2.46. The molecular weight excluding hydrogens is 493 g/mol. The minimum atomic E-state index is -0.676. The third-order valence-electron chi connectivity index (χ3n) is 6.23. The molecule has 0 aromatic heterocycles. The number of β-amino-alcohol motifs (C(OH)–C–C–N with tert-alkyl or cyclic N) is 1. The van der Waals surface area contributed by atoms with Gasteiger partial charge in [0.1, 0.15) is 5.82 Å². The van der Waals surface area contributed by atoms with Crippen molar-refractivity contribution in [1.82, 2.24) is 5.32 Å². The molecule has 0 aliphatic heterocycles. The van der Waals surface area contributed by atoms with Crippen LogP contribution in [0.1, 0.15) is 40.9 Å². The molecule has 0 saturated carbocycles. The second-order valence-electron chi connectivity index (χ2n) is 9.85. The number of benzene rings is 3. The lowest BCUT2D eigenvalue weighted by molar-refractivity contribution is 0.0349. The molecule has 0 fully saturated rings. The molecule has 2 N–H and O–H groups in total. The Hall–Kier alpha value is -2.77. The summed E-state index contributed by atoms with van der Waals surface area (Å²) in [4.78, 5) is 11.9. The number of hydrogen-bond acceptors (Lipinski definition) is 5. The van der Waals surface area contributed by atoms with Gasteiger partial charge in [0, 0.05) is 12.1 Å². The number of hydrogen-bond donors (Lipinski definition) is 2. The molecule has 7 heteroatoms. The summed E-state index contributed by atoms with van der Waals surface area (Å²) in [7, 11) is 1.38. The van der Waals surface area contributed by atoms with E-state index >= 15 is 0 Å². The molecule has 3 aromatic carbocycles. The van der Waals surface area contributed by atoms with E-state index in [4.69, 9.17) is 21.1 Å². The summed E-state index contributed by atoms with van der Waals surface area (Å²) in [5, 5.41) is 13.8. The van der Waals surface area contributed by atoms with Crippen molar-refractivity contribution in [3.05, 3.63) is 93.8 Å². The standard InChI is InChI=1S/C30H35ClFNO4/c1-20-15-23(10-11-25(20)29(35)36-4)26-8-6-5-7-22(26)13-14-37-19-24(34)18-33-30(2,3)17-21-9-12-27(31)28(32)16-21/h5-12,15-16,24,33-34H,13-14,17-19H2,1-4H3/t24-/m0/s1. The van der Waals surface area contributed by atoms with Crippen molar-refractivity contribution in [2.45, 2.75) is 45.3 Å². The summed E-state index contributed by atoms with van der Waals surface area (Å²) in [5.41, 5.74) is 5.12. The topological polar surface area (TPSA) is 67.8 Å². The van der Waals surface area contributed by atoms with Gasteiger partial charge in [0.05, 0.1) is 37.0 Å². The molecule has 5 nitrogen and oxygen atoms in total. The number of carbonyl (C=O) groups excluding carboxylic acids is 1. The van der Waals surface area contributed by atoms with Crippen molar-refractivity contribution in [2.24, 2.45) is 0 Å². The minimum absolute atomic E-state index is 0.108. The van der Waals surface area contributed by atoms with Crippen molar-refractivity contribution in [3.8, 4) is 11.1 Å². The van der Waals surface area contributed by atoms with Gasteiger partial charge in [-0.05, 0) is 79.6 Å². The Morgan fingerprint density at radius 3 is 2.59 bits per heavy atom. The van der Waals surface area contributed by atoms with Crippen LogP contribution in [-0.2, 0) is 22.3 Å². The van der Waals surface area contributed by atoms with Crippen molar-refractivity contribution < 1.29 is 23.8 Å². The van der Waals surface area contributed by atoms with Gasteiger partial charge in [0.2, 0.25) is 0 Å². The van der Waals surface area contributed by atoms with Crippen molar-refractivity contribution >= 4 is 17.6 Å². The van der Waals surface area contributed by atoms with Crippen molar-refractivity contribution in [3.63, 3.8) is 0 Å². The number of carbonyl (C=O) groups is 1. The van der Waals surface area contributed by atoms with Crippen molar-refractivity contribution in [2.75, 3.05) is 26.9 Å². The zero-order chi connectivity index (χ0) is 27.0. The van der Waals surface area contributed by atoms with Gasteiger partial charge in [-0.25, -0.2) is 9.18 Å². The highest BCUT2D eigenvalue weighted by Gasteiger charge is 2.20. The Morgan fingerprint density at radius 1 is 1.14 bits per heavy atom. The number of rotatable bonds is 12. The Morgan fingerprint density at radius 2 is 1.89 bits per heavy atom. The van der Waals surface area contributed by atoms with Gasteiger partial charge in [0.25, 0.3) is 0 Å². The Bertz CT molecular complexity index is 1210. The van der Waals surface area contributed by atoms with Crippen LogP contribution in [0.5, 0.6) is 0 Å². The first-order valence-electron chi connectivity index (χ1n) is 12.3. The zero-order valence-electron chi connectivity index (χ0n) is 21.8. The van der Waals surface area contributed by atoms with Gasteiger partial charge < -0.3 is 19.9 Å². The van der Waals surface area contributed by atoms with Crippen LogP contribution in [0, 0.1) is 12.7 Å². The highest BCUT2D eigenvalue weighted by Crippen LogP contribution is 2.27. The average molecular weight is 528 g/mol. The third kappa shape index (κ3) is 8.37. The molecule has 0 amide bonds. The summed E-state index contributed by atoms with van der Waals surface area (Å²) in [6, 6.07) is 18.6. The van der Waals surface area contributed by atoms with Crippen LogP contribution in [0.25, 0.3) is 11.1 Å². The van der Waals surface area contributed by atoms with Crippen molar-refractivity contribution in [1.29, 1.82) is 0 Å². The normalized spacial score (nSPS) is 12.4. The van der Waals surface area contributed by atoms with E-state index in [2.05, 4.69) is 17.4 Å². The maximum atomic E-state index is 13.7. The molecule has 0 spiro atoms. The van der Waals surface area contributed by atoms with Crippen LogP contribution in [0.15, 0.2) is 60.7 Å².